The molecule has 0 aromatic rings. The van der Waals surface area contributed by atoms with Gasteiger partial charge in [0.25, 0.3) is 0 Å². The highest BCUT2D eigenvalue weighted by Crippen LogP contribution is 2.41. The molecule has 6 nitrogen and oxygen atoms in total. The van der Waals surface area contributed by atoms with E-state index in [1.807, 2.05) is 20.8 Å². The van der Waals surface area contributed by atoms with Gasteiger partial charge in [0, 0.05) is 26.7 Å². The normalized spacial score (nSPS) is 32.3. The van der Waals surface area contributed by atoms with Gasteiger partial charge in [-0.05, 0) is 20.8 Å². The number of hydrogen-bond acceptors (Lipinski definition) is 5. The molecular weight excluding hydrogens is 262 g/mol. The molecule has 3 atom stereocenters. The first-order valence-electron chi connectivity index (χ1n) is 6.95. The number of hydrogen-bond donors (Lipinski definition) is 0. The second-order valence-corrected chi connectivity index (χ2v) is 6.55. The zero-order valence-corrected chi connectivity index (χ0v) is 13.1. The van der Waals surface area contributed by atoms with Gasteiger partial charge in [-0.25, -0.2) is 4.79 Å². The largest absolute Gasteiger partial charge is 0.444 e. The predicted molar refractivity (Wildman–Crippen MR) is 72.4 cm³/mol. The molecule has 2 aliphatic rings. The topological polar surface area (TPSA) is 57.2 Å². The van der Waals surface area contributed by atoms with Crippen LogP contribution in [0.1, 0.15) is 27.7 Å². The summed E-state index contributed by atoms with van der Waals surface area (Å²) in [5, 5.41) is 0. The van der Waals surface area contributed by atoms with Crippen molar-refractivity contribution in [2.75, 3.05) is 27.4 Å². The zero-order valence-electron chi connectivity index (χ0n) is 13.1. The Bertz CT molecular complexity index is 374. The van der Waals surface area contributed by atoms with Crippen LogP contribution in [0.5, 0.6) is 0 Å². The summed E-state index contributed by atoms with van der Waals surface area (Å²) in [4.78, 5) is 14.1. The van der Waals surface area contributed by atoms with Gasteiger partial charge < -0.3 is 18.9 Å². The monoisotopic (exact) mass is 287 g/mol. The molecule has 0 N–H and O–H groups in total. The van der Waals surface area contributed by atoms with Crippen molar-refractivity contribution in [2.24, 2.45) is 5.92 Å². The molecule has 0 aliphatic carbocycles. The van der Waals surface area contributed by atoms with Crippen LogP contribution in [-0.2, 0) is 18.9 Å². The summed E-state index contributed by atoms with van der Waals surface area (Å²) in [5.41, 5.74) is -0.527. The van der Waals surface area contributed by atoms with Crippen LogP contribution in [0, 0.1) is 5.92 Å². The van der Waals surface area contributed by atoms with E-state index in [1.54, 1.807) is 19.1 Å². The van der Waals surface area contributed by atoms with Crippen LogP contribution in [0.4, 0.5) is 4.79 Å². The lowest BCUT2D eigenvalue weighted by atomic mass is 10.0. The number of amides is 1. The van der Waals surface area contributed by atoms with E-state index in [-0.39, 0.29) is 24.2 Å². The van der Waals surface area contributed by atoms with E-state index in [0.29, 0.717) is 13.2 Å². The fourth-order valence-corrected chi connectivity index (χ4v) is 3.01. The Kier molecular flexibility index (Phi) is 4.01. The molecule has 0 unspecified atom stereocenters. The molecule has 0 radical (unpaired) electrons. The summed E-state index contributed by atoms with van der Waals surface area (Å²) in [6, 6.07) is -0.276. The van der Waals surface area contributed by atoms with Crippen LogP contribution < -0.4 is 0 Å². The van der Waals surface area contributed by atoms with E-state index < -0.39 is 11.4 Å². The predicted octanol–water partition coefficient (Wildman–Crippen LogP) is 1.63. The molecule has 2 saturated heterocycles. The number of carbonyl (C=O) groups excluding carboxylic acids is 1. The van der Waals surface area contributed by atoms with E-state index in [1.165, 1.54) is 0 Å². The Morgan fingerprint density at radius 1 is 1.30 bits per heavy atom. The third kappa shape index (κ3) is 2.52. The molecule has 1 amide bonds. The van der Waals surface area contributed by atoms with Crippen molar-refractivity contribution < 1.29 is 23.7 Å². The smallest absolute Gasteiger partial charge is 0.410 e. The molecule has 2 rings (SSSR count). The molecule has 0 aromatic carbocycles. The van der Waals surface area contributed by atoms with Gasteiger partial charge in [0.2, 0.25) is 5.79 Å². The Morgan fingerprint density at radius 3 is 2.40 bits per heavy atom. The highest BCUT2D eigenvalue weighted by Gasteiger charge is 2.61. The first-order chi connectivity index (χ1) is 9.24. The van der Waals surface area contributed by atoms with Crippen molar-refractivity contribution in [3.63, 3.8) is 0 Å². The van der Waals surface area contributed by atoms with Gasteiger partial charge in [-0.2, -0.15) is 0 Å². The van der Waals surface area contributed by atoms with Crippen molar-refractivity contribution in [3.05, 3.63) is 0 Å². The van der Waals surface area contributed by atoms with Crippen LogP contribution in [0.15, 0.2) is 0 Å². The molecule has 116 valence electrons. The third-order valence-corrected chi connectivity index (χ3v) is 3.94. The lowest BCUT2D eigenvalue weighted by Gasteiger charge is -2.36. The first-order valence-corrected chi connectivity index (χ1v) is 6.95. The number of carbonyl (C=O) groups is 1. The summed E-state index contributed by atoms with van der Waals surface area (Å²) in [6.07, 6.45) is -0.428. The molecule has 0 aromatic heterocycles. The van der Waals surface area contributed by atoms with Crippen molar-refractivity contribution in [1.82, 2.24) is 4.90 Å². The van der Waals surface area contributed by atoms with Crippen LogP contribution in [-0.4, -0.2) is 61.9 Å². The van der Waals surface area contributed by atoms with Crippen LogP contribution in [0.25, 0.3) is 0 Å². The zero-order chi connectivity index (χ0) is 15.1. The maximum atomic E-state index is 12.4. The van der Waals surface area contributed by atoms with E-state index >= 15 is 0 Å². The summed E-state index contributed by atoms with van der Waals surface area (Å²) >= 11 is 0. The quantitative estimate of drug-likeness (QED) is 0.723. The summed E-state index contributed by atoms with van der Waals surface area (Å²) in [5.74, 6) is -0.688. The summed E-state index contributed by atoms with van der Waals surface area (Å²) in [7, 11) is 3.15. The number of nitrogens with zero attached hydrogens (tertiary/aromatic N) is 1. The lowest BCUT2D eigenvalue weighted by Crippen LogP contribution is -2.55. The minimum absolute atomic E-state index is 0.0811. The number of rotatable bonds is 2. The van der Waals surface area contributed by atoms with E-state index in [2.05, 4.69) is 6.92 Å². The van der Waals surface area contributed by atoms with Gasteiger partial charge in [0.05, 0.1) is 6.10 Å². The highest BCUT2D eigenvalue weighted by atomic mass is 16.7. The van der Waals surface area contributed by atoms with Crippen molar-refractivity contribution in [1.29, 1.82) is 0 Å². The maximum Gasteiger partial charge on any atom is 0.410 e. The Hall–Kier alpha value is -0.850. The number of likely N-dealkylation sites (tertiary alicyclic amines) is 1. The molecule has 20 heavy (non-hydrogen) atoms. The molecule has 2 fully saturated rings. The average Bonchev–Trinajstić information content (AvgIpc) is 2.87. The van der Waals surface area contributed by atoms with Gasteiger partial charge in [0.1, 0.15) is 18.2 Å². The summed E-state index contributed by atoms with van der Waals surface area (Å²) < 4.78 is 22.3. The van der Waals surface area contributed by atoms with E-state index in [9.17, 15) is 4.79 Å². The van der Waals surface area contributed by atoms with Crippen molar-refractivity contribution >= 4 is 6.09 Å². The fourth-order valence-electron chi connectivity index (χ4n) is 3.01. The number of fused-ring (bicyclic) bond motifs is 1. The van der Waals surface area contributed by atoms with Crippen LogP contribution >= 0.6 is 0 Å². The molecule has 0 bridgehead atoms. The van der Waals surface area contributed by atoms with Crippen LogP contribution in [0.2, 0.25) is 0 Å². The molecule has 2 heterocycles. The fraction of sp³-hybridized carbons (Fsp3) is 0.929. The van der Waals surface area contributed by atoms with Gasteiger partial charge in [0.15, 0.2) is 0 Å². The van der Waals surface area contributed by atoms with Crippen molar-refractivity contribution in [2.45, 2.75) is 51.2 Å². The SMILES string of the molecule is COC1(OC)CO[C@@H]2[C@H](C)CN(C(=O)OC(C)(C)C)[C@@H]21. The van der Waals surface area contributed by atoms with Gasteiger partial charge >= 0.3 is 6.09 Å². The van der Waals surface area contributed by atoms with Gasteiger partial charge in [-0.1, -0.05) is 6.92 Å². The van der Waals surface area contributed by atoms with Gasteiger partial charge in [-0.3, -0.25) is 4.90 Å². The number of ether oxygens (including phenoxy) is 4. The van der Waals surface area contributed by atoms with Gasteiger partial charge in [-0.15, -0.1) is 0 Å². The Balaban J connectivity index is 2.23. The van der Waals surface area contributed by atoms with E-state index in [4.69, 9.17) is 18.9 Å². The minimum Gasteiger partial charge on any atom is -0.444 e. The maximum absolute atomic E-state index is 12.4. The Labute approximate surface area is 120 Å². The third-order valence-electron chi connectivity index (χ3n) is 3.94. The molecular formula is C14H25NO5. The summed E-state index contributed by atoms with van der Waals surface area (Å²) in [6.45, 7) is 8.52. The molecule has 0 spiro atoms. The minimum atomic E-state index is -0.910. The molecule has 2 aliphatic heterocycles. The van der Waals surface area contributed by atoms with Crippen LogP contribution in [0.3, 0.4) is 0 Å². The standard InChI is InChI=1S/C14H25NO5/c1-9-7-15(12(16)20-13(2,3)4)11-10(9)19-8-14(11,17-5)18-6/h9-11H,7-8H2,1-6H3/t9-,10-,11+/m1/s1. The average molecular weight is 287 g/mol. The first kappa shape index (κ1) is 15.5. The van der Waals surface area contributed by atoms with E-state index in [0.717, 1.165) is 0 Å². The highest BCUT2D eigenvalue weighted by molar-refractivity contribution is 5.69. The van der Waals surface area contributed by atoms with Crippen molar-refractivity contribution in [3.8, 4) is 0 Å². The second-order valence-electron chi connectivity index (χ2n) is 6.55. The second kappa shape index (κ2) is 5.16. The Morgan fingerprint density at radius 2 is 1.90 bits per heavy atom. The lowest BCUT2D eigenvalue weighted by molar-refractivity contribution is -0.224. The molecule has 6 heteroatoms. The molecule has 0 saturated carbocycles. The number of methoxy groups -OCH3 is 2.